The van der Waals surface area contributed by atoms with Crippen molar-refractivity contribution in [2.45, 2.75) is 45.8 Å². The van der Waals surface area contributed by atoms with E-state index in [4.69, 9.17) is 0 Å². The minimum Gasteiger partial charge on any atom is -0.368 e. The van der Waals surface area contributed by atoms with Crippen molar-refractivity contribution in [3.63, 3.8) is 0 Å². The smallest absolute Gasteiger partial charge is 0.180 e. The summed E-state index contributed by atoms with van der Waals surface area (Å²) in [4.78, 5) is 1.22. The molecule has 0 aromatic carbocycles. The first kappa shape index (κ1) is 10.1. The van der Waals surface area contributed by atoms with Crippen LogP contribution in [0.15, 0.2) is 0 Å². The van der Waals surface area contributed by atoms with E-state index in [0.717, 1.165) is 0 Å². The van der Waals surface area contributed by atoms with Gasteiger partial charge in [0.1, 0.15) is 0 Å². The molecule has 5 heteroatoms. The summed E-state index contributed by atoms with van der Waals surface area (Å²) in [6.07, 6.45) is 0. The van der Waals surface area contributed by atoms with Crippen molar-refractivity contribution in [3.8, 4) is 0 Å². The van der Waals surface area contributed by atoms with E-state index in [9.17, 15) is 5.11 Å². The van der Waals surface area contributed by atoms with E-state index < -0.39 is 5.72 Å². The van der Waals surface area contributed by atoms with Gasteiger partial charge in [0, 0.05) is 5.41 Å². The molecule has 1 aromatic rings. The van der Waals surface area contributed by atoms with E-state index in [1.807, 2.05) is 20.8 Å². The zero-order valence-corrected chi connectivity index (χ0v) is 8.74. The van der Waals surface area contributed by atoms with E-state index in [1.54, 1.807) is 13.8 Å². The lowest BCUT2D eigenvalue weighted by Crippen LogP contribution is -2.28. The average Bonchev–Trinajstić information content (AvgIpc) is 2.28. The third-order valence-electron chi connectivity index (χ3n) is 1.57. The van der Waals surface area contributed by atoms with Crippen molar-refractivity contribution < 1.29 is 5.11 Å². The number of aromatic nitrogens is 4. The average molecular weight is 184 g/mol. The van der Waals surface area contributed by atoms with Crippen molar-refractivity contribution in [3.05, 3.63) is 5.82 Å². The van der Waals surface area contributed by atoms with Crippen LogP contribution in [0.1, 0.15) is 40.4 Å². The second-order valence-corrected chi connectivity index (χ2v) is 4.65. The van der Waals surface area contributed by atoms with Gasteiger partial charge in [0.05, 0.1) is 0 Å². The minimum absolute atomic E-state index is 0.135. The van der Waals surface area contributed by atoms with Crippen molar-refractivity contribution >= 4 is 0 Å². The van der Waals surface area contributed by atoms with Gasteiger partial charge < -0.3 is 5.11 Å². The Hall–Kier alpha value is -0.970. The Morgan fingerprint density at radius 2 is 1.69 bits per heavy atom. The van der Waals surface area contributed by atoms with Gasteiger partial charge in [-0.05, 0) is 19.1 Å². The van der Waals surface area contributed by atoms with Crippen LogP contribution < -0.4 is 0 Å². The highest BCUT2D eigenvalue weighted by atomic mass is 16.3. The first-order valence-corrected chi connectivity index (χ1v) is 4.24. The molecule has 0 aliphatic rings. The molecular formula is C8H16N4O. The summed E-state index contributed by atoms with van der Waals surface area (Å²) in [5.41, 5.74) is -1.22. The maximum Gasteiger partial charge on any atom is 0.180 e. The minimum atomic E-state index is -1.09. The fourth-order valence-corrected chi connectivity index (χ4v) is 0.746. The molecule has 0 atom stereocenters. The lowest BCUT2D eigenvalue weighted by Gasteiger charge is -2.15. The standard InChI is InChI=1S/C8H16N4O/c1-7(2,3)6-9-11-12(10-6)8(4,5)13/h13H,1-5H3. The lowest BCUT2D eigenvalue weighted by molar-refractivity contribution is -0.0256. The van der Waals surface area contributed by atoms with Crippen LogP contribution in [0.4, 0.5) is 0 Å². The van der Waals surface area contributed by atoms with Gasteiger partial charge >= 0.3 is 0 Å². The predicted octanol–water partition coefficient (Wildman–Crippen LogP) is 0.655. The largest absolute Gasteiger partial charge is 0.368 e. The normalized spacial score (nSPS) is 13.4. The number of tetrazole rings is 1. The van der Waals surface area contributed by atoms with Crippen LogP contribution in [-0.2, 0) is 11.1 Å². The van der Waals surface area contributed by atoms with Crippen molar-refractivity contribution in [1.82, 2.24) is 20.2 Å². The van der Waals surface area contributed by atoms with Crippen LogP contribution in [0.25, 0.3) is 0 Å². The molecule has 0 aliphatic carbocycles. The SMILES string of the molecule is CC(C)(C)c1nnn(C(C)(C)O)n1. The van der Waals surface area contributed by atoms with E-state index in [1.165, 1.54) is 4.80 Å². The summed E-state index contributed by atoms with van der Waals surface area (Å²) in [6, 6.07) is 0. The summed E-state index contributed by atoms with van der Waals surface area (Å²) in [5, 5.41) is 21.3. The van der Waals surface area contributed by atoms with Crippen molar-refractivity contribution in [2.75, 3.05) is 0 Å². The Morgan fingerprint density at radius 1 is 1.15 bits per heavy atom. The summed E-state index contributed by atoms with van der Waals surface area (Å²) in [5.74, 6) is 0.634. The maximum absolute atomic E-state index is 9.57. The topological polar surface area (TPSA) is 63.8 Å². The van der Waals surface area contributed by atoms with Crippen LogP contribution in [-0.4, -0.2) is 25.3 Å². The molecule has 0 saturated heterocycles. The van der Waals surface area contributed by atoms with Gasteiger partial charge in [-0.2, -0.15) is 0 Å². The van der Waals surface area contributed by atoms with Crippen molar-refractivity contribution in [1.29, 1.82) is 0 Å². The second kappa shape index (κ2) is 2.77. The third kappa shape index (κ3) is 2.24. The fourth-order valence-electron chi connectivity index (χ4n) is 0.746. The molecule has 74 valence electrons. The molecule has 0 saturated carbocycles. The van der Waals surface area contributed by atoms with Gasteiger partial charge in [-0.1, -0.05) is 20.8 Å². The summed E-state index contributed by atoms with van der Waals surface area (Å²) < 4.78 is 0. The van der Waals surface area contributed by atoms with Gasteiger partial charge in [0.15, 0.2) is 11.5 Å². The summed E-state index contributed by atoms with van der Waals surface area (Å²) in [7, 11) is 0. The maximum atomic E-state index is 9.57. The van der Waals surface area contributed by atoms with Gasteiger partial charge in [0.2, 0.25) is 0 Å². The molecule has 1 rings (SSSR count). The summed E-state index contributed by atoms with van der Waals surface area (Å²) in [6.45, 7) is 9.22. The Kier molecular flexibility index (Phi) is 2.15. The van der Waals surface area contributed by atoms with E-state index in [2.05, 4.69) is 15.4 Å². The predicted molar refractivity (Wildman–Crippen MR) is 48.1 cm³/mol. The van der Waals surface area contributed by atoms with Gasteiger partial charge in [-0.3, -0.25) is 0 Å². The zero-order valence-electron chi connectivity index (χ0n) is 8.74. The quantitative estimate of drug-likeness (QED) is 0.696. The molecule has 0 spiro atoms. The van der Waals surface area contributed by atoms with Crippen LogP contribution >= 0.6 is 0 Å². The highest BCUT2D eigenvalue weighted by Crippen LogP contribution is 2.17. The van der Waals surface area contributed by atoms with E-state index in [-0.39, 0.29) is 5.41 Å². The fraction of sp³-hybridized carbons (Fsp3) is 0.875. The Bertz CT molecular complexity index is 263. The van der Waals surface area contributed by atoms with Gasteiger partial charge in [0.25, 0.3) is 0 Å². The molecule has 0 unspecified atom stereocenters. The number of rotatable bonds is 1. The van der Waals surface area contributed by atoms with Crippen LogP contribution in [0, 0.1) is 0 Å². The molecule has 0 aliphatic heterocycles. The molecule has 1 aromatic heterocycles. The molecule has 0 amide bonds. The molecule has 1 heterocycles. The number of hydrogen-bond acceptors (Lipinski definition) is 4. The summed E-state index contributed by atoms with van der Waals surface area (Å²) >= 11 is 0. The molecule has 0 radical (unpaired) electrons. The van der Waals surface area contributed by atoms with Crippen LogP contribution in [0.2, 0.25) is 0 Å². The lowest BCUT2D eigenvalue weighted by atomic mass is 9.96. The van der Waals surface area contributed by atoms with Crippen LogP contribution in [0.3, 0.4) is 0 Å². The Morgan fingerprint density at radius 3 is 1.92 bits per heavy atom. The number of hydrogen-bond donors (Lipinski definition) is 1. The van der Waals surface area contributed by atoms with E-state index >= 15 is 0 Å². The number of aliphatic hydroxyl groups is 1. The van der Waals surface area contributed by atoms with Gasteiger partial charge in [-0.15, -0.1) is 15.0 Å². The van der Waals surface area contributed by atoms with Crippen LogP contribution in [0.5, 0.6) is 0 Å². The first-order valence-electron chi connectivity index (χ1n) is 4.24. The highest BCUT2D eigenvalue weighted by Gasteiger charge is 2.24. The Balaban J connectivity index is 3.01. The van der Waals surface area contributed by atoms with Crippen molar-refractivity contribution in [2.24, 2.45) is 0 Å². The van der Waals surface area contributed by atoms with E-state index in [0.29, 0.717) is 5.82 Å². The molecule has 1 N–H and O–H groups in total. The molecule has 13 heavy (non-hydrogen) atoms. The molecule has 0 bridgehead atoms. The molecule has 0 fully saturated rings. The van der Waals surface area contributed by atoms with Gasteiger partial charge in [-0.25, -0.2) is 0 Å². The molecule has 5 nitrogen and oxygen atoms in total. The third-order valence-corrected chi connectivity index (χ3v) is 1.57. The second-order valence-electron chi connectivity index (χ2n) is 4.65. The zero-order chi connectivity index (χ0) is 10.3. The highest BCUT2D eigenvalue weighted by molar-refractivity contribution is 4.96. The number of nitrogens with zero attached hydrogens (tertiary/aromatic N) is 4. The molecular weight excluding hydrogens is 168 g/mol. The Labute approximate surface area is 77.8 Å². The monoisotopic (exact) mass is 184 g/mol. The first-order chi connectivity index (χ1) is 5.71.